The summed E-state index contributed by atoms with van der Waals surface area (Å²) in [4.78, 5) is 19.1. The maximum absolute atomic E-state index is 13.0. The van der Waals surface area contributed by atoms with Crippen LogP contribution in [0.4, 0.5) is 18.9 Å². The lowest BCUT2D eigenvalue weighted by molar-refractivity contribution is -0.141. The third-order valence-corrected chi connectivity index (χ3v) is 4.12. The molecule has 0 aliphatic carbocycles. The highest BCUT2D eigenvalue weighted by Crippen LogP contribution is 2.39. The molecule has 1 aliphatic heterocycles. The van der Waals surface area contributed by atoms with Crippen LogP contribution in [0, 0.1) is 0 Å². The van der Waals surface area contributed by atoms with Crippen LogP contribution < -0.4 is 4.74 Å². The number of carboxylic acids is 1. The van der Waals surface area contributed by atoms with Gasteiger partial charge in [-0.15, -0.1) is 0 Å². The summed E-state index contributed by atoms with van der Waals surface area (Å²) in [7, 11) is 0. The molecule has 28 heavy (non-hydrogen) atoms. The number of para-hydroxylation sites is 1. The van der Waals surface area contributed by atoms with Gasteiger partial charge in [-0.2, -0.15) is 13.2 Å². The van der Waals surface area contributed by atoms with Crippen LogP contribution in [0.2, 0.25) is 0 Å². The first-order valence-electron chi connectivity index (χ1n) is 8.11. The number of halogens is 3. The van der Waals surface area contributed by atoms with Crippen molar-refractivity contribution in [3.63, 3.8) is 0 Å². The van der Waals surface area contributed by atoms with E-state index < -0.39 is 17.8 Å². The average Bonchev–Trinajstić information content (AvgIpc) is 2.83. The number of carboxylic acid groups (broad SMARTS) is 1. The smallest absolute Gasteiger partial charge is 0.433 e. The van der Waals surface area contributed by atoms with Crippen molar-refractivity contribution in [2.24, 2.45) is 4.99 Å². The van der Waals surface area contributed by atoms with Crippen LogP contribution in [0.15, 0.2) is 65.7 Å². The molecule has 0 amide bonds. The Morgan fingerprint density at radius 1 is 0.964 bits per heavy atom. The molecule has 0 saturated heterocycles. The fourth-order valence-electron chi connectivity index (χ4n) is 2.78. The van der Waals surface area contributed by atoms with Gasteiger partial charge in [0.05, 0.1) is 11.3 Å². The molecule has 5 nitrogen and oxygen atoms in total. The predicted molar refractivity (Wildman–Crippen MR) is 94.5 cm³/mol. The summed E-state index contributed by atoms with van der Waals surface area (Å²) in [5, 5.41) is 9.06. The molecule has 8 heteroatoms. The summed E-state index contributed by atoms with van der Waals surface area (Å²) < 4.78 is 44.6. The molecule has 1 N–H and O–H groups in total. The molecule has 0 atom stereocenters. The quantitative estimate of drug-likeness (QED) is 0.524. The highest BCUT2D eigenvalue weighted by atomic mass is 19.4. The van der Waals surface area contributed by atoms with Crippen molar-refractivity contribution in [2.75, 3.05) is 0 Å². The minimum atomic E-state index is -4.61. The zero-order valence-electron chi connectivity index (χ0n) is 14.1. The monoisotopic (exact) mass is 384 g/mol. The Bertz CT molecular complexity index is 1110. The van der Waals surface area contributed by atoms with Crippen molar-refractivity contribution in [2.45, 2.75) is 6.18 Å². The van der Waals surface area contributed by atoms with E-state index in [2.05, 4.69) is 9.98 Å². The number of benzene rings is 2. The molecule has 4 rings (SSSR count). The van der Waals surface area contributed by atoms with Crippen LogP contribution in [0.25, 0.3) is 0 Å². The SMILES string of the molecule is O=C(O)c1ccc(C2=Nc3ccc(C(F)(F)F)nc3Oc3ccccc32)cc1. The zero-order chi connectivity index (χ0) is 19.9. The van der Waals surface area contributed by atoms with Crippen LogP contribution in [-0.4, -0.2) is 21.8 Å². The zero-order valence-corrected chi connectivity index (χ0v) is 14.1. The van der Waals surface area contributed by atoms with E-state index in [9.17, 15) is 18.0 Å². The highest BCUT2D eigenvalue weighted by molar-refractivity contribution is 6.16. The van der Waals surface area contributed by atoms with Gasteiger partial charge < -0.3 is 9.84 Å². The van der Waals surface area contributed by atoms with Crippen LogP contribution in [0.3, 0.4) is 0 Å². The van der Waals surface area contributed by atoms with Gasteiger partial charge >= 0.3 is 12.1 Å². The van der Waals surface area contributed by atoms with Crippen LogP contribution in [-0.2, 0) is 6.18 Å². The van der Waals surface area contributed by atoms with Gasteiger partial charge in [0.1, 0.15) is 17.1 Å². The van der Waals surface area contributed by atoms with Gasteiger partial charge in [-0.1, -0.05) is 24.3 Å². The van der Waals surface area contributed by atoms with Crippen molar-refractivity contribution < 1.29 is 27.8 Å². The van der Waals surface area contributed by atoms with E-state index in [4.69, 9.17) is 9.84 Å². The third-order valence-electron chi connectivity index (χ3n) is 4.12. The van der Waals surface area contributed by atoms with Crippen LogP contribution >= 0.6 is 0 Å². The molecular formula is C20H11F3N2O3. The second-order valence-electron chi connectivity index (χ2n) is 5.96. The Morgan fingerprint density at radius 2 is 1.68 bits per heavy atom. The average molecular weight is 384 g/mol. The number of aromatic carboxylic acids is 1. The summed E-state index contributed by atoms with van der Waals surface area (Å²) in [6.07, 6.45) is -4.61. The number of hydrogen-bond donors (Lipinski definition) is 1. The third kappa shape index (κ3) is 3.20. The molecule has 0 spiro atoms. The first kappa shape index (κ1) is 17.7. The standard InChI is InChI=1S/C20H11F3N2O3/c21-20(22,23)16-10-9-14-18(25-16)28-15-4-2-1-3-13(15)17(24-14)11-5-7-12(8-6-11)19(26)27/h1-10H,(H,26,27). The van der Waals surface area contributed by atoms with Gasteiger partial charge in [-0.25, -0.2) is 14.8 Å². The molecule has 2 heterocycles. The van der Waals surface area contributed by atoms with Gasteiger partial charge in [0, 0.05) is 11.1 Å². The van der Waals surface area contributed by atoms with Crippen molar-refractivity contribution in [3.8, 4) is 11.6 Å². The van der Waals surface area contributed by atoms with Gasteiger partial charge in [-0.05, 0) is 36.4 Å². The summed E-state index contributed by atoms with van der Waals surface area (Å²) in [5.74, 6) is -1.01. The Balaban J connectivity index is 1.89. The van der Waals surface area contributed by atoms with Gasteiger partial charge in [-0.3, -0.25) is 0 Å². The summed E-state index contributed by atoms with van der Waals surface area (Å²) in [6.45, 7) is 0. The fourth-order valence-corrected chi connectivity index (χ4v) is 2.78. The fraction of sp³-hybridized carbons (Fsp3) is 0.0500. The molecule has 2 aromatic carbocycles. The molecule has 0 saturated carbocycles. The number of aliphatic imine (C=N–C) groups is 1. The molecular weight excluding hydrogens is 373 g/mol. The number of rotatable bonds is 2. The molecule has 1 aliphatic rings. The van der Waals surface area contributed by atoms with Gasteiger partial charge in [0.15, 0.2) is 0 Å². The largest absolute Gasteiger partial charge is 0.478 e. The molecule has 0 unspecified atom stereocenters. The molecule has 3 aromatic rings. The summed E-state index contributed by atoms with van der Waals surface area (Å²) in [5.41, 5.74) is 0.757. The number of nitrogens with zero attached hydrogens (tertiary/aromatic N) is 2. The normalized spacial score (nSPS) is 12.9. The van der Waals surface area contributed by atoms with Crippen LogP contribution in [0.5, 0.6) is 11.6 Å². The second kappa shape index (κ2) is 6.49. The number of alkyl halides is 3. The van der Waals surface area contributed by atoms with Crippen molar-refractivity contribution >= 4 is 17.4 Å². The summed E-state index contributed by atoms with van der Waals surface area (Å²) in [6, 6.07) is 14.8. The molecule has 0 bridgehead atoms. The highest BCUT2D eigenvalue weighted by Gasteiger charge is 2.34. The Kier molecular flexibility index (Phi) is 4.11. The lowest BCUT2D eigenvalue weighted by atomic mass is 10.00. The number of ether oxygens (including phenoxy) is 1. The Morgan fingerprint density at radius 3 is 2.36 bits per heavy atom. The lowest BCUT2D eigenvalue weighted by Crippen LogP contribution is -2.08. The van der Waals surface area contributed by atoms with Crippen molar-refractivity contribution in [1.29, 1.82) is 0 Å². The van der Waals surface area contributed by atoms with Crippen LogP contribution in [0.1, 0.15) is 27.2 Å². The number of pyridine rings is 1. The lowest BCUT2D eigenvalue weighted by Gasteiger charge is -2.10. The number of hydrogen-bond acceptors (Lipinski definition) is 4. The minimum absolute atomic E-state index is 0.111. The van der Waals surface area contributed by atoms with Crippen molar-refractivity contribution in [1.82, 2.24) is 4.98 Å². The number of aromatic nitrogens is 1. The molecule has 0 fully saturated rings. The van der Waals surface area contributed by atoms with E-state index in [1.807, 2.05) is 0 Å². The Labute approximate surface area is 156 Å². The molecule has 0 radical (unpaired) electrons. The first-order valence-corrected chi connectivity index (χ1v) is 8.11. The van der Waals surface area contributed by atoms with E-state index in [-0.39, 0.29) is 17.1 Å². The predicted octanol–water partition coefficient (Wildman–Crippen LogP) is 5.07. The van der Waals surface area contributed by atoms with E-state index in [1.54, 1.807) is 36.4 Å². The van der Waals surface area contributed by atoms with Gasteiger partial charge in [0.2, 0.25) is 5.88 Å². The van der Waals surface area contributed by atoms with E-state index in [0.717, 1.165) is 6.07 Å². The maximum Gasteiger partial charge on any atom is 0.433 e. The number of carbonyl (C=O) groups is 1. The topological polar surface area (TPSA) is 71.8 Å². The molecule has 1 aromatic heterocycles. The summed E-state index contributed by atoms with van der Waals surface area (Å²) >= 11 is 0. The molecule has 140 valence electrons. The minimum Gasteiger partial charge on any atom is -0.478 e. The van der Waals surface area contributed by atoms with E-state index in [0.29, 0.717) is 22.6 Å². The van der Waals surface area contributed by atoms with E-state index in [1.165, 1.54) is 18.2 Å². The van der Waals surface area contributed by atoms with Crippen molar-refractivity contribution in [3.05, 3.63) is 83.0 Å². The Hall–Kier alpha value is -3.68. The second-order valence-corrected chi connectivity index (χ2v) is 5.96. The first-order chi connectivity index (χ1) is 13.3. The van der Waals surface area contributed by atoms with Gasteiger partial charge in [0.25, 0.3) is 0 Å². The number of fused-ring (bicyclic) bond motifs is 2. The van der Waals surface area contributed by atoms with E-state index >= 15 is 0 Å². The maximum atomic E-state index is 13.0.